The maximum absolute atomic E-state index is 3.25. The van der Waals surface area contributed by atoms with E-state index in [-0.39, 0.29) is 0 Å². The lowest BCUT2D eigenvalue weighted by Gasteiger charge is -2.16. The third-order valence-corrected chi connectivity index (χ3v) is 2.68. The average molecular weight is 230 g/mol. The molecule has 2 heteroatoms. The highest BCUT2D eigenvalue weighted by Crippen LogP contribution is 1.92. The fourth-order valence-corrected chi connectivity index (χ4v) is 1.40. The van der Waals surface area contributed by atoms with Crippen LogP contribution in [0.2, 0.25) is 0 Å². The van der Waals surface area contributed by atoms with Gasteiger partial charge in [-0.2, -0.15) is 0 Å². The summed E-state index contributed by atoms with van der Waals surface area (Å²) in [6, 6.07) is 0. The molecule has 0 aromatic heterocycles. The van der Waals surface area contributed by atoms with E-state index >= 15 is 0 Å². The summed E-state index contributed by atoms with van der Waals surface area (Å²) in [5.41, 5.74) is 0. The second-order valence-corrected chi connectivity index (χ2v) is 4.09. The first-order valence-electron chi connectivity index (χ1n) is 7.19. The van der Waals surface area contributed by atoms with Crippen molar-refractivity contribution in [2.75, 3.05) is 32.7 Å². The standard InChI is InChI=1S/C8H19N.C6H15N/c1-4-7-8-9(5-2)6-3;1-3-5-6-7-4-2/h4-8H2,1-3H3;7H,3-6H2,1-2H3. The van der Waals surface area contributed by atoms with E-state index in [1.165, 1.54) is 51.9 Å². The monoisotopic (exact) mass is 230 g/mol. The first-order valence-corrected chi connectivity index (χ1v) is 7.19. The van der Waals surface area contributed by atoms with Crippen LogP contribution in [0.15, 0.2) is 0 Å². The zero-order chi connectivity index (χ0) is 12.6. The van der Waals surface area contributed by atoms with Crippen molar-refractivity contribution in [2.24, 2.45) is 0 Å². The summed E-state index contributed by atoms with van der Waals surface area (Å²) >= 11 is 0. The van der Waals surface area contributed by atoms with Gasteiger partial charge in [-0.15, -0.1) is 0 Å². The number of unbranched alkanes of at least 4 members (excludes halogenated alkanes) is 2. The van der Waals surface area contributed by atoms with Gasteiger partial charge < -0.3 is 10.2 Å². The SMILES string of the molecule is CCCCN(CC)CC.CCCCNCC. The fraction of sp³-hybridized carbons (Fsp3) is 1.00. The topological polar surface area (TPSA) is 15.3 Å². The maximum Gasteiger partial charge on any atom is -0.00191 e. The Morgan fingerprint density at radius 2 is 1.38 bits per heavy atom. The summed E-state index contributed by atoms with van der Waals surface area (Å²) in [6.07, 6.45) is 5.28. The molecule has 0 aliphatic rings. The van der Waals surface area contributed by atoms with Crippen LogP contribution in [0.25, 0.3) is 0 Å². The Kier molecular flexibility index (Phi) is 19.8. The van der Waals surface area contributed by atoms with Gasteiger partial charge in [0.2, 0.25) is 0 Å². The Bertz CT molecular complexity index is 96.9. The largest absolute Gasteiger partial charge is 0.317 e. The Morgan fingerprint density at radius 3 is 1.75 bits per heavy atom. The van der Waals surface area contributed by atoms with Crippen LogP contribution in [0.3, 0.4) is 0 Å². The lowest BCUT2D eigenvalue weighted by molar-refractivity contribution is 0.299. The van der Waals surface area contributed by atoms with Crippen molar-refractivity contribution in [2.45, 2.75) is 60.3 Å². The van der Waals surface area contributed by atoms with Crippen LogP contribution < -0.4 is 5.32 Å². The smallest absolute Gasteiger partial charge is 0.00191 e. The molecule has 1 N–H and O–H groups in total. The van der Waals surface area contributed by atoms with Crippen molar-refractivity contribution < 1.29 is 0 Å². The molecule has 0 radical (unpaired) electrons. The summed E-state index contributed by atoms with van der Waals surface area (Å²) in [5.74, 6) is 0. The lowest BCUT2D eigenvalue weighted by atomic mass is 10.3. The van der Waals surface area contributed by atoms with Gasteiger partial charge in [0.15, 0.2) is 0 Å². The van der Waals surface area contributed by atoms with Gasteiger partial charge in [-0.3, -0.25) is 0 Å². The van der Waals surface area contributed by atoms with Crippen molar-refractivity contribution in [3.8, 4) is 0 Å². The predicted octanol–water partition coefficient (Wildman–Crippen LogP) is 3.52. The number of nitrogens with one attached hydrogen (secondary N) is 1. The number of nitrogens with zero attached hydrogens (tertiary/aromatic N) is 1. The van der Waals surface area contributed by atoms with Crippen LogP contribution in [0.4, 0.5) is 0 Å². The highest BCUT2D eigenvalue weighted by Gasteiger charge is 1.94. The van der Waals surface area contributed by atoms with Gasteiger partial charge in [-0.1, -0.05) is 47.5 Å². The molecular formula is C14H34N2. The van der Waals surface area contributed by atoms with Crippen molar-refractivity contribution in [1.29, 1.82) is 0 Å². The Balaban J connectivity index is 0. The molecule has 2 nitrogen and oxygen atoms in total. The molecule has 16 heavy (non-hydrogen) atoms. The van der Waals surface area contributed by atoms with Crippen LogP contribution in [-0.2, 0) is 0 Å². The van der Waals surface area contributed by atoms with Crippen LogP contribution in [0.5, 0.6) is 0 Å². The summed E-state index contributed by atoms with van der Waals surface area (Å²) in [5, 5.41) is 3.25. The van der Waals surface area contributed by atoms with E-state index in [0.29, 0.717) is 0 Å². The van der Waals surface area contributed by atoms with E-state index in [4.69, 9.17) is 0 Å². The lowest BCUT2D eigenvalue weighted by Crippen LogP contribution is -2.23. The summed E-state index contributed by atoms with van der Waals surface area (Å²) in [6.45, 7) is 17.0. The fourth-order valence-electron chi connectivity index (χ4n) is 1.40. The van der Waals surface area contributed by atoms with Crippen molar-refractivity contribution in [3.05, 3.63) is 0 Å². The van der Waals surface area contributed by atoms with E-state index < -0.39 is 0 Å². The van der Waals surface area contributed by atoms with Crippen LogP contribution >= 0.6 is 0 Å². The summed E-state index contributed by atoms with van der Waals surface area (Å²) in [7, 11) is 0. The molecule has 0 bridgehead atoms. The molecule has 0 aliphatic carbocycles. The molecule has 0 aromatic carbocycles. The van der Waals surface area contributed by atoms with E-state index in [0.717, 1.165) is 6.54 Å². The second-order valence-electron chi connectivity index (χ2n) is 4.09. The van der Waals surface area contributed by atoms with Crippen LogP contribution in [0.1, 0.15) is 60.3 Å². The van der Waals surface area contributed by atoms with Crippen LogP contribution in [0, 0.1) is 0 Å². The average Bonchev–Trinajstić information content (AvgIpc) is 2.32. The minimum atomic E-state index is 1.11. The molecule has 0 amide bonds. The Hall–Kier alpha value is -0.0800. The molecule has 0 aliphatic heterocycles. The third kappa shape index (κ3) is 16.4. The van der Waals surface area contributed by atoms with Gasteiger partial charge in [-0.25, -0.2) is 0 Å². The van der Waals surface area contributed by atoms with Gasteiger partial charge in [0.25, 0.3) is 0 Å². The molecule has 0 rings (SSSR count). The minimum Gasteiger partial charge on any atom is -0.317 e. The number of hydrogen-bond donors (Lipinski definition) is 1. The van der Waals surface area contributed by atoms with E-state index in [1.54, 1.807) is 0 Å². The van der Waals surface area contributed by atoms with Gasteiger partial charge in [-0.05, 0) is 45.6 Å². The quantitative estimate of drug-likeness (QED) is 0.610. The van der Waals surface area contributed by atoms with Crippen molar-refractivity contribution >= 4 is 0 Å². The van der Waals surface area contributed by atoms with Gasteiger partial charge in [0.1, 0.15) is 0 Å². The first kappa shape index (κ1) is 18.3. The van der Waals surface area contributed by atoms with Gasteiger partial charge in [0, 0.05) is 0 Å². The van der Waals surface area contributed by atoms with Crippen molar-refractivity contribution in [1.82, 2.24) is 10.2 Å². The van der Waals surface area contributed by atoms with Crippen molar-refractivity contribution in [3.63, 3.8) is 0 Å². The highest BCUT2D eigenvalue weighted by atomic mass is 15.1. The van der Waals surface area contributed by atoms with Gasteiger partial charge >= 0.3 is 0 Å². The van der Waals surface area contributed by atoms with E-state index in [1.807, 2.05) is 0 Å². The molecule has 0 aromatic rings. The predicted molar refractivity (Wildman–Crippen MR) is 76.1 cm³/mol. The molecule has 0 spiro atoms. The normalized spacial score (nSPS) is 10.1. The van der Waals surface area contributed by atoms with E-state index in [9.17, 15) is 0 Å². The Morgan fingerprint density at radius 1 is 0.812 bits per heavy atom. The molecule has 0 saturated carbocycles. The summed E-state index contributed by atoms with van der Waals surface area (Å²) < 4.78 is 0. The molecule has 0 saturated heterocycles. The third-order valence-electron chi connectivity index (χ3n) is 2.68. The van der Waals surface area contributed by atoms with Gasteiger partial charge in [0.05, 0.1) is 0 Å². The molecule has 0 heterocycles. The molecule has 0 fully saturated rings. The number of rotatable bonds is 9. The summed E-state index contributed by atoms with van der Waals surface area (Å²) in [4.78, 5) is 2.46. The highest BCUT2D eigenvalue weighted by molar-refractivity contribution is 4.49. The molecule has 0 unspecified atom stereocenters. The second kappa shape index (κ2) is 17.3. The van der Waals surface area contributed by atoms with E-state index in [2.05, 4.69) is 44.8 Å². The molecular weight excluding hydrogens is 196 g/mol. The minimum absolute atomic E-state index is 1.11. The first-order chi connectivity index (χ1) is 7.76. The molecule has 0 atom stereocenters. The zero-order valence-electron chi connectivity index (χ0n) is 12.3. The molecule has 100 valence electrons. The Labute approximate surface area is 104 Å². The zero-order valence-corrected chi connectivity index (χ0v) is 12.3. The maximum atomic E-state index is 3.25. The van der Waals surface area contributed by atoms with Crippen LogP contribution in [-0.4, -0.2) is 37.6 Å². The number of hydrogen-bond acceptors (Lipinski definition) is 2.